The summed E-state index contributed by atoms with van der Waals surface area (Å²) in [6, 6.07) is 5.82. The van der Waals surface area contributed by atoms with Gasteiger partial charge in [-0.3, -0.25) is 4.79 Å². The molecule has 17 heavy (non-hydrogen) atoms. The Morgan fingerprint density at radius 2 is 2.18 bits per heavy atom. The largest absolute Gasteiger partial charge is 0.496 e. The summed E-state index contributed by atoms with van der Waals surface area (Å²) >= 11 is 0. The van der Waals surface area contributed by atoms with E-state index in [1.165, 1.54) is 0 Å². The van der Waals surface area contributed by atoms with Crippen LogP contribution in [0.15, 0.2) is 18.2 Å². The Morgan fingerprint density at radius 1 is 1.53 bits per heavy atom. The van der Waals surface area contributed by atoms with Gasteiger partial charge in [0.2, 0.25) is 0 Å². The van der Waals surface area contributed by atoms with E-state index in [2.05, 4.69) is 0 Å². The van der Waals surface area contributed by atoms with Gasteiger partial charge in [-0.2, -0.15) is 0 Å². The predicted molar refractivity (Wildman–Crippen MR) is 67.8 cm³/mol. The summed E-state index contributed by atoms with van der Waals surface area (Å²) in [5, 5.41) is 8.87. The first-order valence-corrected chi connectivity index (χ1v) is 5.54. The molecule has 1 rings (SSSR count). The van der Waals surface area contributed by atoms with Crippen LogP contribution in [0.4, 0.5) is 5.69 Å². The molecule has 0 bridgehead atoms. The van der Waals surface area contributed by atoms with E-state index >= 15 is 0 Å². The van der Waals surface area contributed by atoms with Crippen molar-refractivity contribution in [1.82, 2.24) is 0 Å². The lowest BCUT2D eigenvalue weighted by molar-refractivity contribution is -0.140. The molecule has 0 saturated heterocycles. The van der Waals surface area contributed by atoms with Gasteiger partial charge in [0.1, 0.15) is 5.75 Å². The number of aryl methyl sites for hydroxylation is 1. The molecule has 4 nitrogen and oxygen atoms in total. The van der Waals surface area contributed by atoms with Gasteiger partial charge in [0, 0.05) is 19.3 Å². The fourth-order valence-corrected chi connectivity index (χ4v) is 1.69. The Balaban J connectivity index is 2.79. The van der Waals surface area contributed by atoms with Crippen LogP contribution in [0.2, 0.25) is 0 Å². The van der Waals surface area contributed by atoms with Crippen LogP contribution in [0.1, 0.15) is 12.5 Å². The summed E-state index contributed by atoms with van der Waals surface area (Å²) < 4.78 is 5.19. The van der Waals surface area contributed by atoms with Gasteiger partial charge in [0.05, 0.1) is 13.0 Å². The highest BCUT2D eigenvalue weighted by Gasteiger charge is 2.14. The van der Waals surface area contributed by atoms with Crippen molar-refractivity contribution in [3.05, 3.63) is 23.8 Å². The van der Waals surface area contributed by atoms with E-state index in [-0.39, 0.29) is 5.92 Å². The van der Waals surface area contributed by atoms with E-state index < -0.39 is 5.97 Å². The number of rotatable bonds is 5. The van der Waals surface area contributed by atoms with Crippen molar-refractivity contribution in [1.29, 1.82) is 0 Å². The average molecular weight is 237 g/mol. The van der Waals surface area contributed by atoms with Crippen LogP contribution in [0, 0.1) is 12.8 Å². The monoisotopic (exact) mass is 237 g/mol. The van der Waals surface area contributed by atoms with Crippen molar-refractivity contribution < 1.29 is 14.6 Å². The minimum Gasteiger partial charge on any atom is -0.496 e. The third kappa shape index (κ3) is 3.37. The van der Waals surface area contributed by atoms with Gasteiger partial charge >= 0.3 is 5.97 Å². The molecule has 1 atom stereocenters. The Labute approximate surface area is 102 Å². The molecule has 0 aromatic heterocycles. The van der Waals surface area contributed by atoms with E-state index in [4.69, 9.17) is 9.84 Å². The molecule has 1 aromatic carbocycles. The predicted octanol–water partition coefficient (Wildman–Crippen LogP) is 2.16. The number of hydrogen-bond acceptors (Lipinski definition) is 3. The first kappa shape index (κ1) is 13.4. The number of carbonyl (C=O) groups is 1. The molecule has 0 aliphatic carbocycles. The van der Waals surface area contributed by atoms with E-state index in [1.54, 1.807) is 14.0 Å². The zero-order valence-electron chi connectivity index (χ0n) is 10.7. The average Bonchev–Trinajstić information content (AvgIpc) is 2.28. The van der Waals surface area contributed by atoms with Crippen molar-refractivity contribution in [2.75, 3.05) is 25.6 Å². The quantitative estimate of drug-likeness (QED) is 0.852. The fraction of sp³-hybridized carbons (Fsp3) is 0.462. The summed E-state index contributed by atoms with van der Waals surface area (Å²) in [4.78, 5) is 12.7. The number of anilines is 1. The Bertz CT molecular complexity index is 404. The van der Waals surface area contributed by atoms with E-state index in [0.29, 0.717) is 6.54 Å². The smallest absolute Gasteiger partial charge is 0.308 e. The molecule has 0 aliphatic rings. The Morgan fingerprint density at radius 3 is 2.65 bits per heavy atom. The van der Waals surface area contributed by atoms with Crippen molar-refractivity contribution >= 4 is 11.7 Å². The van der Waals surface area contributed by atoms with E-state index in [0.717, 1.165) is 17.0 Å². The normalized spacial score (nSPS) is 12.0. The maximum absolute atomic E-state index is 10.8. The first-order valence-electron chi connectivity index (χ1n) is 5.54. The molecule has 1 unspecified atom stereocenters. The second-order valence-corrected chi connectivity index (χ2v) is 4.27. The molecule has 0 amide bonds. The Hall–Kier alpha value is -1.71. The molecule has 0 spiro atoms. The van der Waals surface area contributed by atoms with Crippen LogP contribution >= 0.6 is 0 Å². The number of nitrogens with zero attached hydrogens (tertiary/aromatic N) is 1. The van der Waals surface area contributed by atoms with Crippen LogP contribution in [0.3, 0.4) is 0 Å². The van der Waals surface area contributed by atoms with Crippen molar-refractivity contribution in [3.8, 4) is 5.75 Å². The van der Waals surface area contributed by atoms with E-state index in [9.17, 15) is 4.79 Å². The lowest BCUT2D eigenvalue weighted by atomic mass is 10.1. The fourth-order valence-electron chi connectivity index (χ4n) is 1.69. The standard InChI is InChI=1S/C13H19NO3/c1-9-7-11(5-6-12(9)17-4)14(3)8-10(2)13(15)16/h5-7,10H,8H2,1-4H3,(H,15,16). The van der Waals surface area contributed by atoms with E-state index in [1.807, 2.05) is 37.1 Å². The second kappa shape index (κ2) is 5.57. The van der Waals surface area contributed by atoms with Crippen molar-refractivity contribution in [2.45, 2.75) is 13.8 Å². The molecule has 4 heteroatoms. The molecular weight excluding hydrogens is 218 g/mol. The lowest BCUT2D eigenvalue weighted by Gasteiger charge is -2.22. The third-order valence-electron chi connectivity index (χ3n) is 2.79. The number of carboxylic acid groups (broad SMARTS) is 1. The minimum atomic E-state index is -0.776. The first-order chi connectivity index (χ1) is 7.95. The zero-order chi connectivity index (χ0) is 13.0. The molecule has 1 aromatic rings. The van der Waals surface area contributed by atoms with Gasteiger partial charge in [-0.25, -0.2) is 0 Å². The van der Waals surface area contributed by atoms with Gasteiger partial charge in [-0.05, 0) is 30.7 Å². The van der Waals surface area contributed by atoms with Gasteiger partial charge in [0.25, 0.3) is 0 Å². The summed E-state index contributed by atoms with van der Waals surface area (Å²) in [5.74, 6) is -0.321. The maximum Gasteiger partial charge on any atom is 0.308 e. The molecular formula is C13H19NO3. The highest BCUT2D eigenvalue weighted by Crippen LogP contribution is 2.23. The highest BCUT2D eigenvalue weighted by molar-refractivity contribution is 5.70. The summed E-state index contributed by atoms with van der Waals surface area (Å²) in [7, 11) is 3.53. The second-order valence-electron chi connectivity index (χ2n) is 4.27. The summed E-state index contributed by atoms with van der Waals surface area (Å²) in [6.45, 7) is 4.16. The van der Waals surface area contributed by atoms with Crippen LogP contribution in [-0.4, -0.2) is 31.8 Å². The van der Waals surface area contributed by atoms with Crippen LogP contribution in [0.25, 0.3) is 0 Å². The van der Waals surface area contributed by atoms with Crippen LogP contribution < -0.4 is 9.64 Å². The maximum atomic E-state index is 10.8. The third-order valence-corrected chi connectivity index (χ3v) is 2.79. The molecule has 0 aliphatic heterocycles. The number of methoxy groups -OCH3 is 1. The topological polar surface area (TPSA) is 49.8 Å². The SMILES string of the molecule is COc1ccc(N(C)CC(C)C(=O)O)cc1C. The zero-order valence-corrected chi connectivity index (χ0v) is 10.7. The van der Waals surface area contributed by atoms with Gasteiger partial charge < -0.3 is 14.7 Å². The highest BCUT2D eigenvalue weighted by atomic mass is 16.5. The summed E-state index contributed by atoms with van der Waals surface area (Å²) in [5.41, 5.74) is 2.04. The number of carboxylic acids is 1. The van der Waals surface area contributed by atoms with Crippen LogP contribution in [-0.2, 0) is 4.79 Å². The molecule has 0 saturated carbocycles. The minimum absolute atomic E-state index is 0.387. The lowest BCUT2D eigenvalue weighted by Crippen LogP contribution is -2.28. The molecule has 0 radical (unpaired) electrons. The summed E-state index contributed by atoms with van der Waals surface area (Å²) in [6.07, 6.45) is 0. The van der Waals surface area contributed by atoms with Crippen molar-refractivity contribution in [3.63, 3.8) is 0 Å². The number of hydrogen-bond donors (Lipinski definition) is 1. The van der Waals surface area contributed by atoms with Gasteiger partial charge in [-0.1, -0.05) is 6.92 Å². The van der Waals surface area contributed by atoms with Crippen molar-refractivity contribution in [2.24, 2.45) is 5.92 Å². The molecule has 0 heterocycles. The number of benzene rings is 1. The van der Waals surface area contributed by atoms with Gasteiger partial charge in [-0.15, -0.1) is 0 Å². The molecule has 0 fully saturated rings. The Kier molecular flexibility index (Phi) is 4.37. The van der Waals surface area contributed by atoms with Crippen LogP contribution in [0.5, 0.6) is 5.75 Å². The molecule has 1 N–H and O–H groups in total. The number of ether oxygens (including phenoxy) is 1. The van der Waals surface area contributed by atoms with Gasteiger partial charge in [0.15, 0.2) is 0 Å². The molecule has 94 valence electrons. The number of aliphatic carboxylic acids is 1.